The average molecular weight is 199 g/mol. The zero-order valence-corrected chi connectivity index (χ0v) is 5.94. The molecular weight excluding hydrogens is 191 g/mol. The van der Waals surface area contributed by atoms with Crippen molar-refractivity contribution in [2.45, 2.75) is 10.5 Å². The highest BCUT2D eigenvalue weighted by atomic mass is 127. The molecule has 0 saturated heterocycles. The Morgan fingerprint density at radius 1 is 2.00 bits per heavy atom. The zero-order chi connectivity index (χ0) is 4.99. The van der Waals surface area contributed by atoms with Gasteiger partial charge in [0.05, 0.1) is 0 Å². The van der Waals surface area contributed by atoms with Gasteiger partial charge in [-0.15, -0.1) is 0 Å². The Labute approximate surface area is 52.2 Å². The molecule has 0 fully saturated rings. The lowest BCUT2D eigenvalue weighted by Gasteiger charge is -1.99. The van der Waals surface area contributed by atoms with Crippen molar-refractivity contribution in [3.63, 3.8) is 0 Å². The van der Waals surface area contributed by atoms with Crippen molar-refractivity contribution in [3.8, 4) is 0 Å². The van der Waals surface area contributed by atoms with Crippen LogP contribution in [0.1, 0.15) is 6.42 Å². The minimum Gasteiger partial charge on any atom is -0.371 e. The first kappa shape index (κ1) is 6.69. The highest BCUT2D eigenvalue weighted by Crippen LogP contribution is 2.02. The number of methoxy groups -OCH3 is 1. The van der Waals surface area contributed by atoms with Gasteiger partial charge < -0.3 is 4.74 Å². The summed E-state index contributed by atoms with van der Waals surface area (Å²) in [7, 11) is 1.68. The first-order valence-electron chi connectivity index (χ1n) is 1.77. The van der Waals surface area contributed by atoms with Crippen LogP contribution in [0, 0.1) is 6.92 Å². The molecule has 1 radical (unpaired) electrons. The summed E-state index contributed by atoms with van der Waals surface area (Å²) in [5.41, 5.74) is 0. The van der Waals surface area contributed by atoms with Crippen LogP contribution in [0.3, 0.4) is 0 Å². The maximum absolute atomic E-state index is 4.82. The Hall–Kier alpha value is 0.690. The highest BCUT2D eigenvalue weighted by molar-refractivity contribution is 14.1. The third-order valence-electron chi connectivity index (χ3n) is 0.483. The van der Waals surface area contributed by atoms with Gasteiger partial charge in [-0.2, -0.15) is 0 Å². The molecule has 37 valence electrons. The fourth-order valence-electron chi connectivity index (χ4n) is 0.118. The summed E-state index contributed by atoms with van der Waals surface area (Å²) >= 11 is 2.18. The fraction of sp³-hybridized carbons (Fsp3) is 0.750. The molecule has 0 aromatic heterocycles. The molecule has 0 aromatic rings. The lowest BCUT2D eigenvalue weighted by Crippen LogP contribution is -1.95. The van der Waals surface area contributed by atoms with Crippen LogP contribution in [0.25, 0.3) is 0 Å². The molecule has 0 N–H and O–H groups in total. The van der Waals surface area contributed by atoms with E-state index in [4.69, 9.17) is 4.74 Å². The molecule has 0 saturated carbocycles. The van der Waals surface area contributed by atoms with E-state index in [2.05, 4.69) is 29.5 Å². The monoisotopic (exact) mass is 199 g/mol. The smallest absolute Gasteiger partial charge is 0.108 e. The van der Waals surface area contributed by atoms with Crippen LogP contribution in [0.5, 0.6) is 0 Å². The maximum atomic E-state index is 4.82. The summed E-state index contributed by atoms with van der Waals surface area (Å²) in [6, 6.07) is 0. The third kappa shape index (κ3) is 2.90. The first-order valence-corrected chi connectivity index (χ1v) is 3.02. The standard InChI is InChI=1S/C4H8IO/c1-3-4(5)6-2/h4H,1,3H2,2H3. The number of rotatable bonds is 2. The number of hydrogen-bond acceptors (Lipinski definition) is 1. The van der Waals surface area contributed by atoms with Crippen LogP contribution >= 0.6 is 22.6 Å². The molecule has 0 bridgehead atoms. The molecule has 1 nitrogen and oxygen atoms in total. The molecule has 6 heavy (non-hydrogen) atoms. The SMILES string of the molecule is [CH2]CC(I)OC. The molecule has 0 rings (SSSR count). The first-order chi connectivity index (χ1) is 2.81. The van der Waals surface area contributed by atoms with Crippen LogP contribution < -0.4 is 0 Å². The van der Waals surface area contributed by atoms with Crippen molar-refractivity contribution >= 4 is 22.6 Å². The molecule has 2 heteroatoms. The molecule has 0 heterocycles. The quantitative estimate of drug-likeness (QED) is 0.485. The Bertz CT molecular complexity index is 26.7. The molecule has 1 unspecified atom stereocenters. The van der Waals surface area contributed by atoms with Gasteiger partial charge in [-0.1, -0.05) is 22.6 Å². The highest BCUT2D eigenvalue weighted by Gasteiger charge is 1.91. The van der Waals surface area contributed by atoms with E-state index in [1.165, 1.54) is 0 Å². The van der Waals surface area contributed by atoms with Gasteiger partial charge in [0.25, 0.3) is 0 Å². The molecular formula is C4H8IO. The summed E-state index contributed by atoms with van der Waals surface area (Å²) in [6.07, 6.45) is 0.844. The Morgan fingerprint density at radius 2 is 2.50 bits per heavy atom. The van der Waals surface area contributed by atoms with Gasteiger partial charge in [0.1, 0.15) is 4.11 Å². The maximum Gasteiger partial charge on any atom is 0.108 e. The van der Waals surface area contributed by atoms with Gasteiger partial charge in [-0.25, -0.2) is 0 Å². The van der Waals surface area contributed by atoms with Gasteiger partial charge in [0.15, 0.2) is 0 Å². The molecule has 0 aliphatic heterocycles. The van der Waals surface area contributed by atoms with Crippen LogP contribution in [-0.4, -0.2) is 11.2 Å². The van der Waals surface area contributed by atoms with E-state index in [0.717, 1.165) is 6.42 Å². The van der Waals surface area contributed by atoms with E-state index in [-0.39, 0.29) is 0 Å². The second kappa shape index (κ2) is 3.87. The zero-order valence-electron chi connectivity index (χ0n) is 3.78. The normalized spacial score (nSPS) is 14.5. The summed E-state index contributed by atoms with van der Waals surface area (Å²) in [4.78, 5) is 0. The minimum absolute atomic E-state index is 0.294. The molecule has 0 aromatic carbocycles. The van der Waals surface area contributed by atoms with Crippen molar-refractivity contribution in [2.24, 2.45) is 0 Å². The number of hydrogen-bond donors (Lipinski definition) is 0. The van der Waals surface area contributed by atoms with Gasteiger partial charge in [-0.05, 0) is 13.3 Å². The van der Waals surface area contributed by atoms with E-state index in [1.807, 2.05) is 0 Å². The van der Waals surface area contributed by atoms with Crippen LogP contribution in [0.2, 0.25) is 0 Å². The molecule has 1 atom stereocenters. The Balaban J connectivity index is 2.75. The number of alkyl halides is 1. The fourth-order valence-corrected chi connectivity index (χ4v) is 0.118. The minimum atomic E-state index is 0.294. The summed E-state index contributed by atoms with van der Waals surface area (Å²) < 4.78 is 5.12. The number of halogens is 1. The molecule has 0 aliphatic carbocycles. The lowest BCUT2D eigenvalue weighted by molar-refractivity contribution is 0.188. The molecule has 0 amide bonds. The van der Waals surface area contributed by atoms with E-state index >= 15 is 0 Å². The number of ether oxygens (including phenoxy) is 1. The summed E-state index contributed by atoms with van der Waals surface area (Å²) in [5, 5.41) is 0. The van der Waals surface area contributed by atoms with Crippen molar-refractivity contribution < 1.29 is 4.74 Å². The lowest BCUT2D eigenvalue weighted by atomic mass is 10.5. The predicted octanol–water partition coefficient (Wildman–Crippen LogP) is 1.62. The molecule has 0 spiro atoms. The van der Waals surface area contributed by atoms with Crippen LogP contribution in [-0.2, 0) is 4.74 Å². The topological polar surface area (TPSA) is 9.23 Å². The van der Waals surface area contributed by atoms with Crippen LogP contribution in [0.4, 0.5) is 0 Å². The molecule has 0 aliphatic rings. The van der Waals surface area contributed by atoms with Crippen LogP contribution in [0.15, 0.2) is 0 Å². The Morgan fingerprint density at radius 3 is 2.50 bits per heavy atom. The van der Waals surface area contributed by atoms with E-state index < -0.39 is 0 Å². The van der Waals surface area contributed by atoms with E-state index in [1.54, 1.807) is 7.11 Å². The van der Waals surface area contributed by atoms with E-state index in [9.17, 15) is 0 Å². The van der Waals surface area contributed by atoms with Gasteiger partial charge in [0.2, 0.25) is 0 Å². The van der Waals surface area contributed by atoms with Crippen molar-refractivity contribution in [2.75, 3.05) is 7.11 Å². The van der Waals surface area contributed by atoms with Crippen molar-refractivity contribution in [1.82, 2.24) is 0 Å². The average Bonchev–Trinajstić information content (AvgIpc) is 1.65. The van der Waals surface area contributed by atoms with Gasteiger partial charge in [-0.3, -0.25) is 0 Å². The van der Waals surface area contributed by atoms with Crippen molar-refractivity contribution in [3.05, 3.63) is 6.92 Å². The largest absolute Gasteiger partial charge is 0.371 e. The second-order valence-electron chi connectivity index (χ2n) is 0.934. The Kier molecular flexibility index (Phi) is 4.31. The van der Waals surface area contributed by atoms with Gasteiger partial charge >= 0.3 is 0 Å². The summed E-state index contributed by atoms with van der Waals surface area (Å²) in [5.74, 6) is 0. The van der Waals surface area contributed by atoms with E-state index in [0.29, 0.717) is 4.11 Å². The van der Waals surface area contributed by atoms with Gasteiger partial charge in [0, 0.05) is 7.11 Å². The predicted molar refractivity (Wildman–Crippen MR) is 34.8 cm³/mol. The third-order valence-corrected chi connectivity index (χ3v) is 1.61. The second-order valence-corrected chi connectivity index (χ2v) is 2.32. The summed E-state index contributed by atoms with van der Waals surface area (Å²) in [6.45, 7) is 3.62. The van der Waals surface area contributed by atoms with Crippen molar-refractivity contribution in [1.29, 1.82) is 0 Å².